The molecule has 4 aliphatic rings. The molecule has 53 heavy (non-hydrogen) atoms. The Morgan fingerprint density at radius 3 is 2.42 bits per heavy atom. The van der Waals surface area contributed by atoms with Gasteiger partial charge in [0.25, 0.3) is 5.91 Å². The Bertz CT molecular complexity index is 2010. The molecule has 1 saturated heterocycles. The van der Waals surface area contributed by atoms with Crippen molar-refractivity contribution in [2.75, 3.05) is 24.4 Å². The molecule has 0 radical (unpaired) electrons. The first-order valence-electron chi connectivity index (χ1n) is 18.1. The SMILES string of the molecule is CC(C)(C)OC(=O)N[C@H]1CCCCC/C=C/C2C[C@]2(C(=O)NS(=O)(=O)C2CC2)NC(=O)[C@@H]2CN(S(=O)(=O)Nc3cccc4ccccc34)CCN2C1=O. The van der Waals surface area contributed by atoms with Crippen molar-refractivity contribution in [2.45, 2.75) is 101 Å². The molecule has 4 atom stereocenters. The fourth-order valence-corrected chi connectivity index (χ4v) is 9.51. The molecule has 1 unspecified atom stereocenters. The van der Waals surface area contributed by atoms with E-state index >= 15 is 0 Å². The summed E-state index contributed by atoms with van der Waals surface area (Å²) in [4.78, 5) is 56.6. The molecule has 6 rings (SSSR count). The number of allylic oxidation sites excluding steroid dienone is 1. The van der Waals surface area contributed by atoms with Gasteiger partial charge in [0.1, 0.15) is 23.2 Å². The van der Waals surface area contributed by atoms with Crippen molar-refractivity contribution in [1.29, 1.82) is 0 Å². The van der Waals surface area contributed by atoms with Gasteiger partial charge in [-0.3, -0.25) is 23.8 Å². The monoisotopic (exact) mass is 772 g/mol. The summed E-state index contributed by atoms with van der Waals surface area (Å²) in [7, 11) is -8.25. The average molecular weight is 773 g/mol. The normalized spacial score (nSPS) is 26.8. The summed E-state index contributed by atoms with van der Waals surface area (Å²) in [5.74, 6) is -2.83. The van der Waals surface area contributed by atoms with E-state index in [4.69, 9.17) is 4.74 Å². The molecule has 2 saturated carbocycles. The molecule has 15 nitrogen and oxygen atoms in total. The van der Waals surface area contributed by atoms with Gasteiger partial charge in [-0.15, -0.1) is 0 Å². The van der Waals surface area contributed by atoms with Crippen LogP contribution in [-0.2, 0) is 39.4 Å². The van der Waals surface area contributed by atoms with Crippen LogP contribution < -0.4 is 20.1 Å². The number of piperazine rings is 1. The second-order valence-electron chi connectivity index (χ2n) is 15.3. The van der Waals surface area contributed by atoms with Crippen LogP contribution in [0, 0.1) is 5.92 Å². The number of amides is 4. The highest BCUT2D eigenvalue weighted by molar-refractivity contribution is 7.91. The average Bonchev–Trinajstić information content (AvgIpc) is 4.02. The number of rotatable bonds is 7. The van der Waals surface area contributed by atoms with E-state index < -0.39 is 85.0 Å². The minimum atomic E-state index is -4.29. The minimum Gasteiger partial charge on any atom is -0.444 e. The molecule has 0 bridgehead atoms. The quantitative estimate of drug-likeness (QED) is 0.306. The Hall–Kier alpha value is -4.22. The number of hydrogen-bond acceptors (Lipinski definition) is 9. The third kappa shape index (κ3) is 8.95. The third-order valence-corrected chi connectivity index (χ3v) is 13.3. The van der Waals surface area contributed by atoms with E-state index in [1.165, 1.54) is 4.90 Å². The van der Waals surface area contributed by atoms with Crippen LogP contribution in [0.1, 0.15) is 72.1 Å². The van der Waals surface area contributed by atoms with Crippen LogP contribution in [0.15, 0.2) is 54.6 Å². The molecule has 4 N–H and O–H groups in total. The number of benzene rings is 2. The van der Waals surface area contributed by atoms with Crippen molar-refractivity contribution in [2.24, 2.45) is 5.92 Å². The fourth-order valence-electron chi connectivity index (χ4n) is 6.90. The highest BCUT2D eigenvalue weighted by atomic mass is 32.2. The molecule has 2 heterocycles. The number of carbonyl (C=O) groups excluding carboxylic acids is 4. The van der Waals surface area contributed by atoms with Crippen molar-refractivity contribution in [3.8, 4) is 0 Å². The Labute approximate surface area is 310 Å². The summed E-state index contributed by atoms with van der Waals surface area (Å²) in [6, 6.07) is 9.92. The van der Waals surface area contributed by atoms with Gasteiger partial charge in [-0.25, -0.2) is 13.2 Å². The lowest BCUT2D eigenvalue weighted by Crippen LogP contribution is -2.66. The zero-order chi connectivity index (χ0) is 38.2. The van der Waals surface area contributed by atoms with Gasteiger partial charge in [-0.2, -0.15) is 12.7 Å². The summed E-state index contributed by atoms with van der Waals surface area (Å²) in [6.07, 6.45) is 6.77. The molecular weight excluding hydrogens is 725 g/mol. The fraction of sp³-hybridized carbons (Fsp3) is 0.556. The largest absolute Gasteiger partial charge is 0.444 e. The van der Waals surface area contributed by atoms with Gasteiger partial charge in [0, 0.05) is 30.9 Å². The molecule has 2 aliphatic carbocycles. The first kappa shape index (κ1) is 38.5. The summed E-state index contributed by atoms with van der Waals surface area (Å²) in [5, 5.41) is 6.22. The van der Waals surface area contributed by atoms with Gasteiger partial charge in [-0.05, 0) is 70.7 Å². The number of nitrogens with zero attached hydrogens (tertiary/aromatic N) is 2. The molecule has 2 aromatic rings. The van der Waals surface area contributed by atoms with E-state index in [9.17, 15) is 36.0 Å². The van der Waals surface area contributed by atoms with E-state index in [-0.39, 0.29) is 25.9 Å². The van der Waals surface area contributed by atoms with Gasteiger partial charge in [-0.1, -0.05) is 61.4 Å². The van der Waals surface area contributed by atoms with Gasteiger partial charge < -0.3 is 20.3 Å². The van der Waals surface area contributed by atoms with Crippen molar-refractivity contribution < 1.29 is 40.8 Å². The maximum atomic E-state index is 14.4. The number of fused-ring (bicyclic) bond motifs is 3. The van der Waals surface area contributed by atoms with Crippen molar-refractivity contribution >= 4 is 60.5 Å². The summed E-state index contributed by atoms with van der Waals surface area (Å²) < 4.78 is 64.8. The van der Waals surface area contributed by atoms with Crippen molar-refractivity contribution in [3.63, 3.8) is 0 Å². The predicted molar refractivity (Wildman–Crippen MR) is 198 cm³/mol. The predicted octanol–water partition coefficient (Wildman–Crippen LogP) is 2.91. The highest BCUT2D eigenvalue weighted by Gasteiger charge is 2.62. The zero-order valence-corrected chi connectivity index (χ0v) is 31.8. The molecule has 17 heteroatoms. The lowest BCUT2D eigenvalue weighted by Gasteiger charge is -2.41. The first-order valence-corrected chi connectivity index (χ1v) is 21.1. The number of carbonyl (C=O) groups is 4. The van der Waals surface area contributed by atoms with Crippen molar-refractivity contribution in [3.05, 3.63) is 54.6 Å². The Morgan fingerprint density at radius 1 is 0.943 bits per heavy atom. The van der Waals surface area contributed by atoms with Crippen LogP contribution in [-0.4, -0.2) is 98.0 Å². The Kier molecular flexibility index (Phi) is 10.8. The molecule has 2 aromatic carbocycles. The smallest absolute Gasteiger partial charge is 0.408 e. The lowest BCUT2D eigenvalue weighted by molar-refractivity contribution is -0.145. The van der Waals surface area contributed by atoms with Crippen LogP contribution >= 0.6 is 0 Å². The minimum absolute atomic E-state index is 0.120. The number of alkyl carbamates (subject to hydrolysis) is 1. The summed E-state index contributed by atoms with van der Waals surface area (Å²) in [6.45, 7) is 4.21. The van der Waals surface area contributed by atoms with Crippen LogP contribution in [0.25, 0.3) is 10.8 Å². The zero-order valence-electron chi connectivity index (χ0n) is 30.2. The van der Waals surface area contributed by atoms with E-state index in [0.717, 1.165) is 16.1 Å². The Balaban J connectivity index is 1.32. The molecule has 288 valence electrons. The van der Waals surface area contributed by atoms with Gasteiger partial charge in [0.05, 0.1) is 10.9 Å². The van der Waals surface area contributed by atoms with Crippen molar-refractivity contribution in [1.82, 2.24) is 24.6 Å². The molecule has 2 aliphatic heterocycles. The van der Waals surface area contributed by atoms with E-state index in [1.807, 2.05) is 24.3 Å². The number of sulfonamides is 1. The maximum Gasteiger partial charge on any atom is 0.408 e. The molecule has 0 aromatic heterocycles. The molecular formula is C36H48N6O9S2. The Morgan fingerprint density at radius 2 is 1.68 bits per heavy atom. The van der Waals surface area contributed by atoms with Crippen LogP contribution in [0.3, 0.4) is 0 Å². The van der Waals surface area contributed by atoms with Crippen LogP contribution in [0.2, 0.25) is 0 Å². The van der Waals surface area contributed by atoms with E-state index in [0.29, 0.717) is 43.2 Å². The standard InChI is InChI=1S/C36H48N6O9S2/c1-35(2,3)51-34(46)37-29-16-8-6-4-5-7-14-25-22-36(25,33(45)40-52(47,48)26-18-19-26)38-31(43)30-23-41(20-21-42(30)32(29)44)53(49,50)39-28-17-11-13-24-12-9-10-15-27(24)28/h7,9-15,17,25-26,29-30,39H,4-6,8,16,18-23H2,1-3H3,(H,37,46)(H,38,43)(H,40,45)/b14-7+/t25?,29-,30-,36-/m0/s1. The topological polar surface area (TPSA) is 200 Å². The van der Waals surface area contributed by atoms with Crippen LogP contribution in [0.5, 0.6) is 0 Å². The van der Waals surface area contributed by atoms with Gasteiger partial charge in [0.15, 0.2) is 0 Å². The first-order chi connectivity index (χ1) is 25.0. The molecule has 3 fully saturated rings. The van der Waals surface area contributed by atoms with E-state index in [1.54, 1.807) is 51.1 Å². The van der Waals surface area contributed by atoms with E-state index in [2.05, 4.69) is 20.1 Å². The van der Waals surface area contributed by atoms with Gasteiger partial charge in [0.2, 0.25) is 21.8 Å². The maximum absolute atomic E-state index is 14.4. The highest BCUT2D eigenvalue weighted by Crippen LogP contribution is 2.46. The second kappa shape index (κ2) is 14.9. The number of hydrogen-bond donors (Lipinski definition) is 4. The molecule has 0 spiro atoms. The molecule has 4 amide bonds. The lowest BCUT2D eigenvalue weighted by atomic mass is 10.0. The van der Waals surface area contributed by atoms with Crippen LogP contribution in [0.4, 0.5) is 10.5 Å². The third-order valence-electron chi connectivity index (χ3n) is 9.98. The summed E-state index contributed by atoms with van der Waals surface area (Å²) in [5.41, 5.74) is -2.14. The number of anilines is 1. The number of nitrogens with one attached hydrogen (secondary N) is 4. The number of ether oxygens (including phenoxy) is 1. The van der Waals surface area contributed by atoms with Gasteiger partial charge >= 0.3 is 16.3 Å². The second-order valence-corrected chi connectivity index (χ2v) is 18.9. The summed E-state index contributed by atoms with van der Waals surface area (Å²) >= 11 is 0.